The van der Waals surface area contributed by atoms with E-state index in [4.69, 9.17) is 18.9 Å². The number of nitrogens with zero attached hydrogens (tertiary/aromatic N) is 20. The minimum atomic E-state index is -0.539. The van der Waals surface area contributed by atoms with Crippen LogP contribution in [-0.2, 0) is 0 Å². The van der Waals surface area contributed by atoms with E-state index < -0.39 is 29.1 Å². The van der Waals surface area contributed by atoms with Gasteiger partial charge in [-0.15, -0.1) is 4.80 Å². The zero-order valence-electron chi connectivity index (χ0n) is 71.0. The fraction of sp³-hybridized carbons (Fsp3) is 0.372. The van der Waals surface area contributed by atoms with Crippen molar-refractivity contribution in [3.8, 4) is 63.6 Å². The number of fused-ring (bicyclic) bond motifs is 12. The molecule has 28 nitrogen and oxygen atoms in total. The highest BCUT2D eigenvalue weighted by Crippen LogP contribution is 2.44. The second kappa shape index (κ2) is 37.3. The van der Waals surface area contributed by atoms with Crippen molar-refractivity contribution in [1.29, 1.82) is 0 Å². The van der Waals surface area contributed by atoms with Gasteiger partial charge in [0.25, 0.3) is 47.1 Å². The summed E-state index contributed by atoms with van der Waals surface area (Å²) in [5.74, 6) is -0.363. The first kappa shape index (κ1) is 85.5. The maximum Gasteiger partial charge on any atom is 0.273 e. The zero-order valence-corrected chi connectivity index (χ0v) is 71.0. The van der Waals surface area contributed by atoms with Crippen LogP contribution >= 0.6 is 0 Å². The van der Waals surface area contributed by atoms with Crippen molar-refractivity contribution in [2.24, 2.45) is 23.7 Å². The minimum absolute atomic E-state index is 0.00357. The van der Waals surface area contributed by atoms with Gasteiger partial charge >= 0.3 is 0 Å². The van der Waals surface area contributed by atoms with Crippen molar-refractivity contribution >= 4 is 23.6 Å². The van der Waals surface area contributed by atoms with Crippen LogP contribution in [0, 0.1) is 101 Å². The zero-order chi connectivity index (χ0) is 88.3. The summed E-state index contributed by atoms with van der Waals surface area (Å²) in [5.41, 5.74) is 8.74. The van der Waals surface area contributed by atoms with Gasteiger partial charge in [-0.05, 0) is 249 Å². The first-order valence-electron chi connectivity index (χ1n) is 42.8. The summed E-state index contributed by atoms with van der Waals surface area (Å²) < 4.78 is 94.6. The Morgan fingerprint density at radius 3 is 1.13 bits per heavy atom. The van der Waals surface area contributed by atoms with Gasteiger partial charge in [0.15, 0.2) is 52.4 Å². The molecule has 8 bridgehead atoms. The molecular formula is C94H93F5N20O8. The summed E-state index contributed by atoms with van der Waals surface area (Å²) in [5, 5.41) is 8.28. The lowest BCUT2D eigenvalue weighted by Crippen LogP contribution is -2.59. The molecule has 4 saturated carbocycles. The minimum Gasteiger partial charge on any atom is -0.470 e. The number of benzene rings is 1. The lowest BCUT2D eigenvalue weighted by atomic mass is 9.77. The fourth-order valence-electron chi connectivity index (χ4n) is 18.8. The Morgan fingerprint density at radius 2 is 0.701 bits per heavy atom. The third-order valence-electron chi connectivity index (χ3n) is 24.7. The fourth-order valence-corrected chi connectivity index (χ4v) is 18.8. The van der Waals surface area contributed by atoms with Gasteiger partial charge in [-0.3, -0.25) is 24.2 Å². The van der Waals surface area contributed by atoms with Crippen LogP contribution in [0.15, 0.2) is 172 Å². The van der Waals surface area contributed by atoms with Crippen molar-refractivity contribution in [1.82, 2.24) is 99.4 Å². The van der Waals surface area contributed by atoms with Gasteiger partial charge in [0, 0.05) is 99.4 Å². The summed E-state index contributed by atoms with van der Waals surface area (Å²) in [4.78, 5) is 119. The normalized spacial score (nSPS) is 22.2. The van der Waals surface area contributed by atoms with Crippen molar-refractivity contribution in [3.63, 3.8) is 0 Å². The van der Waals surface area contributed by atoms with Gasteiger partial charge in [0.05, 0.1) is 71.2 Å². The summed E-state index contributed by atoms with van der Waals surface area (Å²) in [6, 6.07) is 22.8. The van der Waals surface area contributed by atoms with Crippen LogP contribution in [0.4, 0.5) is 22.0 Å². The van der Waals surface area contributed by atoms with Crippen molar-refractivity contribution in [2.45, 2.75) is 174 Å². The Labute approximate surface area is 729 Å². The second-order valence-electron chi connectivity index (χ2n) is 34.0. The highest BCUT2D eigenvalue weighted by atomic mass is 19.1. The predicted octanol–water partition coefficient (Wildman–Crippen LogP) is 14.6. The van der Waals surface area contributed by atoms with Crippen LogP contribution < -0.4 is 18.9 Å². The topological polar surface area (TPSA) is 316 Å². The van der Waals surface area contributed by atoms with Gasteiger partial charge in [-0.25, -0.2) is 81.8 Å². The standard InChI is InChI=1S/C24H22F2N4O2.2C24H24FN5O2.C22H23FN6O2/c1-14-8-19(26)23(29-10-14)32-21-9-15-6-7-20(21)30(13-15)24(31)18-5-3-2-4-17(18)22-27-11-16(25)12-28-22;1-14-10-18(25)23(28-12-14)32-20-11-16-5-7-19(20)30(13-16)24(31)21-17(6-4-15(2)29-21)22-26-8-3-9-27-22;1-14-8-17(21(28-11-14)22-26-6-3-7-27-22)24(31)30-13-16-4-5-19(30)20(10-16)32-23-18(25)9-15(2)12-29-23;1-13-7-16(20(24-10-13)29-26-5-6-27-29)22(30)28-12-15-3-4-18(28)19(9-15)31-21-17(23)8-14(2)11-25-21/h2-5,8,10-12,15,20-21H,6-7,9,13H2,1H3;3-4,6,8-10,12,16,19-20H,5,7,11,13H2,1-2H3;3,6-9,11-12,16,19-20H,4-5,10,13H2,1-2H3;5-8,10-11,15,18-19H,3-4,9,12H2,1-2H3. The van der Waals surface area contributed by atoms with Gasteiger partial charge in [-0.2, -0.15) is 10.2 Å². The van der Waals surface area contributed by atoms with E-state index in [2.05, 4.69) is 75.0 Å². The van der Waals surface area contributed by atoms with E-state index in [1.54, 1.807) is 138 Å². The van der Waals surface area contributed by atoms with Gasteiger partial charge < -0.3 is 38.5 Å². The van der Waals surface area contributed by atoms with Crippen LogP contribution in [0.3, 0.4) is 0 Å². The molecule has 8 saturated heterocycles. The van der Waals surface area contributed by atoms with Crippen molar-refractivity contribution in [3.05, 3.63) is 262 Å². The van der Waals surface area contributed by atoms with Gasteiger partial charge in [0.2, 0.25) is 0 Å². The third-order valence-corrected chi connectivity index (χ3v) is 24.7. The molecule has 11 aromatic heterocycles. The van der Waals surface area contributed by atoms with E-state index >= 15 is 0 Å². The number of amides is 4. The Morgan fingerprint density at radius 1 is 0.339 bits per heavy atom. The number of piperidine rings is 8. The number of aryl methyl sites for hydroxylation is 7. The van der Waals surface area contributed by atoms with Crippen LogP contribution in [0.5, 0.6) is 23.5 Å². The molecule has 127 heavy (non-hydrogen) atoms. The van der Waals surface area contributed by atoms with E-state index in [1.807, 2.05) is 64.6 Å². The highest BCUT2D eigenvalue weighted by Gasteiger charge is 2.50. The molecule has 652 valence electrons. The molecule has 4 aliphatic carbocycles. The number of hydrogen-bond acceptors (Lipinski definition) is 23. The maximum atomic E-state index is 14.4. The molecule has 1 aromatic carbocycles. The van der Waals surface area contributed by atoms with Crippen LogP contribution in [-0.4, -0.2) is 198 Å². The SMILES string of the molecule is Cc1cnc(OC2CC3CCC2N(C(=O)c2cc(C)cnc2-c2ncccn2)C3)c(F)c1.Cc1cnc(OC2CC3CCC2N(C(=O)c2cc(C)cnc2-n2nccn2)C3)c(F)c1.Cc1cnc(OC2CC3CCC2N(C(=O)c2ccccc2-c2ncc(F)cn2)C3)c(F)c1.Cc1cnc(OC2CC3CCC2N(C(=O)c2nc(C)ccc2-c2ncccn2)C3)c(F)c1. The van der Waals surface area contributed by atoms with E-state index in [9.17, 15) is 41.1 Å². The maximum absolute atomic E-state index is 14.4. The monoisotopic (exact) mass is 1720 g/mol. The average molecular weight is 1730 g/mol. The largest absolute Gasteiger partial charge is 0.470 e. The summed E-state index contributed by atoms with van der Waals surface area (Å²) in [6.45, 7) is 15.3. The molecule has 8 aliphatic heterocycles. The summed E-state index contributed by atoms with van der Waals surface area (Å²) in [6.07, 6.45) is 30.7. The van der Waals surface area contributed by atoms with E-state index in [0.717, 1.165) is 129 Å². The first-order valence-corrected chi connectivity index (χ1v) is 42.8. The van der Waals surface area contributed by atoms with Crippen LogP contribution in [0.1, 0.15) is 158 Å². The number of hydrogen-bond donors (Lipinski definition) is 0. The van der Waals surface area contributed by atoms with Gasteiger partial charge in [0.1, 0.15) is 35.8 Å². The number of aromatic nitrogens is 16. The molecule has 4 amide bonds. The van der Waals surface area contributed by atoms with Gasteiger partial charge in [-0.1, -0.05) is 18.2 Å². The van der Waals surface area contributed by atoms with E-state index in [0.29, 0.717) is 101 Å². The quantitative estimate of drug-likeness (QED) is 0.0811. The van der Waals surface area contributed by atoms with Crippen LogP contribution in [0.25, 0.3) is 40.1 Å². The van der Waals surface area contributed by atoms with Crippen molar-refractivity contribution < 1.29 is 60.1 Å². The third kappa shape index (κ3) is 18.9. The molecule has 19 heterocycles. The lowest BCUT2D eigenvalue weighted by Gasteiger charge is -2.49. The number of halogens is 5. The van der Waals surface area contributed by atoms with E-state index in [-0.39, 0.29) is 107 Å². The Hall–Kier alpha value is -13.6. The molecule has 24 rings (SSSR count). The van der Waals surface area contributed by atoms with Crippen molar-refractivity contribution in [2.75, 3.05) is 26.2 Å². The molecule has 33 heteroatoms. The Kier molecular flexibility index (Phi) is 25.1. The number of carbonyl (C=O) groups is 4. The number of rotatable bonds is 16. The highest BCUT2D eigenvalue weighted by molar-refractivity contribution is 6.02. The second-order valence-corrected chi connectivity index (χ2v) is 34.0. The molecule has 12 aromatic rings. The average Bonchev–Trinajstić information content (AvgIpc) is 0.957. The molecule has 12 fully saturated rings. The molecule has 12 aliphatic rings. The number of carbonyl (C=O) groups excluding carboxylic acids is 4. The molecule has 12 unspecified atom stereocenters. The lowest BCUT2D eigenvalue weighted by molar-refractivity contribution is -0.0328. The van der Waals surface area contributed by atoms with E-state index in [1.165, 1.54) is 29.1 Å². The molecular weight excluding hydrogens is 1630 g/mol. The first-order chi connectivity index (χ1) is 61.5. The molecule has 12 atom stereocenters. The Balaban J connectivity index is 0.000000119. The summed E-state index contributed by atoms with van der Waals surface area (Å²) in [7, 11) is 0. The number of ether oxygens (including phenoxy) is 4. The summed E-state index contributed by atoms with van der Waals surface area (Å²) >= 11 is 0. The smallest absolute Gasteiger partial charge is 0.273 e. The molecule has 0 N–H and O–H groups in total. The molecule has 0 radical (unpaired) electrons. The predicted molar refractivity (Wildman–Crippen MR) is 453 cm³/mol. The number of pyridine rings is 7. The Bertz CT molecular complexity index is 5850. The van der Waals surface area contributed by atoms with Crippen LogP contribution in [0.2, 0.25) is 0 Å². The molecule has 0 spiro atoms.